The van der Waals surface area contributed by atoms with E-state index in [1.54, 1.807) is 29.2 Å². The molecule has 0 saturated carbocycles. The maximum atomic E-state index is 14.1. The molecule has 0 fully saturated rings. The third-order valence-electron chi connectivity index (χ3n) is 5.92. The van der Waals surface area contributed by atoms with Crippen LogP contribution in [-0.2, 0) is 10.4 Å². The van der Waals surface area contributed by atoms with Crippen molar-refractivity contribution >= 4 is 27.5 Å². The van der Waals surface area contributed by atoms with Crippen molar-refractivity contribution in [1.29, 1.82) is 0 Å². The smallest absolute Gasteiger partial charge is 0.269 e. The maximum Gasteiger partial charge on any atom is 0.269 e. The number of fused-ring (bicyclic) bond motifs is 1. The summed E-state index contributed by atoms with van der Waals surface area (Å²) in [6, 6.07) is 31.0. The standard InChI is InChI=1S/C27H20BrNO3/c28-20-15-16-24(30)22(17-20)27(32)21-13-7-8-14-23(21)29(26(27)31)25(18-9-3-1-4-10-18)19-11-5-2-6-12-19/h1-17,25,30,32H. The number of halogens is 1. The van der Waals surface area contributed by atoms with E-state index in [0.29, 0.717) is 15.7 Å². The molecule has 1 heterocycles. The molecular formula is C27H20BrNO3. The van der Waals surface area contributed by atoms with Crippen LogP contribution in [0.25, 0.3) is 0 Å². The minimum atomic E-state index is -2.02. The fraction of sp³-hybridized carbons (Fsp3) is 0.0741. The van der Waals surface area contributed by atoms with Crippen LogP contribution in [0.5, 0.6) is 5.75 Å². The average Bonchev–Trinajstić information content (AvgIpc) is 3.05. The first kappa shape index (κ1) is 20.5. The molecule has 4 aromatic rings. The number of carbonyl (C=O) groups excluding carboxylic acids is 1. The largest absolute Gasteiger partial charge is 0.508 e. The van der Waals surface area contributed by atoms with Crippen molar-refractivity contribution < 1.29 is 15.0 Å². The summed E-state index contributed by atoms with van der Waals surface area (Å²) in [5, 5.41) is 22.5. The fourth-order valence-corrected chi connectivity index (χ4v) is 4.83. The first-order valence-electron chi connectivity index (χ1n) is 10.3. The first-order valence-corrected chi connectivity index (χ1v) is 11.1. The summed E-state index contributed by atoms with van der Waals surface area (Å²) in [4.78, 5) is 15.7. The van der Waals surface area contributed by atoms with Gasteiger partial charge in [-0.1, -0.05) is 94.8 Å². The number of hydrogen-bond donors (Lipinski definition) is 2. The van der Waals surface area contributed by atoms with E-state index >= 15 is 0 Å². The quantitative estimate of drug-likeness (QED) is 0.399. The van der Waals surface area contributed by atoms with Gasteiger partial charge in [-0.25, -0.2) is 0 Å². The van der Waals surface area contributed by atoms with Gasteiger partial charge in [0.2, 0.25) is 0 Å². The van der Waals surface area contributed by atoms with Gasteiger partial charge in [0.1, 0.15) is 5.75 Å². The van der Waals surface area contributed by atoms with Gasteiger partial charge in [-0.3, -0.25) is 9.69 Å². The number of phenols is 1. The molecular weight excluding hydrogens is 466 g/mol. The van der Waals surface area contributed by atoms with E-state index in [1.807, 2.05) is 72.8 Å². The van der Waals surface area contributed by atoms with E-state index in [-0.39, 0.29) is 11.3 Å². The van der Waals surface area contributed by atoms with Crippen molar-refractivity contribution in [2.24, 2.45) is 0 Å². The van der Waals surface area contributed by atoms with Gasteiger partial charge in [-0.2, -0.15) is 0 Å². The highest BCUT2D eigenvalue weighted by Crippen LogP contribution is 2.51. The molecule has 1 amide bonds. The minimum absolute atomic E-state index is 0.142. The monoisotopic (exact) mass is 485 g/mol. The number of amides is 1. The molecule has 0 radical (unpaired) electrons. The van der Waals surface area contributed by atoms with Crippen LogP contribution in [0, 0.1) is 0 Å². The van der Waals surface area contributed by atoms with Crippen LogP contribution in [0.2, 0.25) is 0 Å². The Morgan fingerprint density at radius 3 is 1.94 bits per heavy atom. The molecule has 0 saturated heterocycles. The number of carbonyl (C=O) groups is 1. The van der Waals surface area contributed by atoms with Gasteiger partial charge >= 0.3 is 0 Å². The average molecular weight is 486 g/mol. The Balaban J connectivity index is 1.76. The molecule has 5 rings (SSSR count). The first-order chi connectivity index (χ1) is 15.5. The van der Waals surface area contributed by atoms with Gasteiger partial charge in [0.25, 0.3) is 5.91 Å². The SMILES string of the molecule is O=C1N(C(c2ccccc2)c2ccccc2)c2ccccc2C1(O)c1cc(Br)ccc1O. The Bertz CT molecular complexity index is 1250. The van der Waals surface area contributed by atoms with Gasteiger partial charge in [0.05, 0.1) is 11.7 Å². The molecule has 4 aromatic carbocycles. The van der Waals surface area contributed by atoms with Crippen molar-refractivity contribution in [3.05, 3.63) is 130 Å². The van der Waals surface area contributed by atoms with Gasteiger partial charge in [-0.05, 0) is 35.4 Å². The third-order valence-corrected chi connectivity index (χ3v) is 6.41. The number of anilines is 1. The van der Waals surface area contributed by atoms with Gasteiger partial charge in [-0.15, -0.1) is 0 Å². The highest BCUT2D eigenvalue weighted by Gasteiger charge is 2.54. The lowest BCUT2D eigenvalue weighted by atomic mass is 9.87. The Morgan fingerprint density at radius 2 is 1.31 bits per heavy atom. The zero-order valence-corrected chi connectivity index (χ0v) is 18.6. The molecule has 4 nitrogen and oxygen atoms in total. The Morgan fingerprint density at radius 1 is 0.750 bits per heavy atom. The van der Waals surface area contributed by atoms with Crippen LogP contribution in [0.4, 0.5) is 5.69 Å². The second-order valence-corrected chi connectivity index (χ2v) is 8.70. The van der Waals surface area contributed by atoms with Crippen LogP contribution < -0.4 is 4.90 Å². The summed E-state index contributed by atoms with van der Waals surface area (Å²) in [7, 11) is 0. The second kappa shape index (κ2) is 7.93. The molecule has 2 N–H and O–H groups in total. The number of para-hydroxylation sites is 1. The molecule has 158 valence electrons. The molecule has 0 spiro atoms. The molecule has 1 aliphatic rings. The number of benzene rings is 4. The summed E-state index contributed by atoms with van der Waals surface area (Å²) in [5.41, 5.74) is 1.01. The molecule has 0 aromatic heterocycles. The summed E-state index contributed by atoms with van der Waals surface area (Å²) in [6.45, 7) is 0. The number of rotatable bonds is 4. The van der Waals surface area contributed by atoms with Crippen LogP contribution in [0.1, 0.15) is 28.3 Å². The number of phenolic OH excluding ortho intramolecular Hbond substituents is 1. The molecule has 1 aliphatic heterocycles. The van der Waals surface area contributed by atoms with Crippen molar-refractivity contribution in [2.75, 3.05) is 4.90 Å². The van der Waals surface area contributed by atoms with E-state index in [4.69, 9.17) is 0 Å². The van der Waals surface area contributed by atoms with Crippen molar-refractivity contribution in [1.82, 2.24) is 0 Å². The van der Waals surface area contributed by atoms with E-state index in [1.165, 1.54) is 6.07 Å². The third kappa shape index (κ3) is 3.13. The van der Waals surface area contributed by atoms with Crippen molar-refractivity contribution in [3.8, 4) is 5.75 Å². The lowest BCUT2D eigenvalue weighted by Crippen LogP contribution is -2.43. The van der Waals surface area contributed by atoms with Crippen molar-refractivity contribution in [3.63, 3.8) is 0 Å². The Hall–Kier alpha value is -3.41. The van der Waals surface area contributed by atoms with E-state index < -0.39 is 17.6 Å². The molecule has 0 aliphatic carbocycles. The highest BCUT2D eigenvalue weighted by molar-refractivity contribution is 9.10. The number of hydrogen-bond acceptors (Lipinski definition) is 3. The maximum absolute atomic E-state index is 14.1. The Kier molecular flexibility index (Phi) is 5.08. The summed E-state index contributed by atoms with van der Waals surface area (Å²) < 4.78 is 0.658. The normalized spacial score (nSPS) is 17.6. The zero-order chi connectivity index (χ0) is 22.3. The topological polar surface area (TPSA) is 60.8 Å². The van der Waals surface area contributed by atoms with Gasteiger partial charge in [0.15, 0.2) is 5.60 Å². The number of aromatic hydroxyl groups is 1. The predicted octanol–water partition coefficient (Wildman–Crippen LogP) is 5.53. The molecule has 1 atom stereocenters. The summed E-state index contributed by atoms with van der Waals surface area (Å²) in [5.74, 6) is -0.651. The molecule has 5 heteroatoms. The molecule has 32 heavy (non-hydrogen) atoms. The van der Waals surface area contributed by atoms with Crippen molar-refractivity contribution in [2.45, 2.75) is 11.6 Å². The highest BCUT2D eigenvalue weighted by atomic mass is 79.9. The Labute approximate surface area is 194 Å². The van der Waals surface area contributed by atoms with E-state index in [9.17, 15) is 15.0 Å². The zero-order valence-electron chi connectivity index (χ0n) is 17.0. The van der Waals surface area contributed by atoms with Crippen LogP contribution in [-0.4, -0.2) is 16.1 Å². The van der Waals surface area contributed by atoms with Crippen LogP contribution in [0.15, 0.2) is 108 Å². The minimum Gasteiger partial charge on any atom is -0.508 e. The lowest BCUT2D eigenvalue weighted by Gasteiger charge is -2.31. The van der Waals surface area contributed by atoms with Gasteiger partial charge < -0.3 is 10.2 Å². The summed E-state index contributed by atoms with van der Waals surface area (Å²) >= 11 is 3.40. The second-order valence-electron chi connectivity index (χ2n) is 7.79. The number of nitrogens with zero attached hydrogens (tertiary/aromatic N) is 1. The lowest BCUT2D eigenvalue weighted by molar-refractivity contribution is -0.132. The summed E-state index contributed by atoms with van der Waals surface area (Å²) in [6.07, 6.45) is 0. The fourth-order valence-electron chi connectivity index (χ4n) is 4.46. The molecule has 0 bridgehead atoms. The molecule has 1 unspecified atom stereocenters. The van der Waals surface area contributed by atoms with Crippen LogP contribution >= 0.6 is 15.9 Å². The number of aliphatic hydroxyl groups is 1. The predicted molar refractivity (Wildman–Crippen MR) is 127 cm³/mol. The van der Waals surface area contributed by atoms with E-state index in [2.05, 4.69) is 15.9 Å². The van der Waals surface area contributed by atoms with Gasteiger partial charge in [0, 0.05) is 15.6 Å². The van der Waals surface area contributed by atoms with Crippen LogP contribution in [0.3, 0.4) is 0 Å². The van der Waals surface area contributed by atoms with E-state index in [0.717, 1.165) is 11.1 Å².